The highest BCUT2D eigenvalue weighted by Crippen LogP contribution is 2.16. The largest absolute Gasteiger partial charge is 0.435 e. The Bertz CT molecular complexity index is 894. The molecule has 0 atom stereocenters. The van der Waals surface area contributed by atoms with Gasteiger partial charge in [0.2, 0.25) is 11.8 Å². The third kappa shape index (κ3) is 6.29. The molecule has 2 amide bonds. The number of piperazine rings is 1. The highest BCUT2D eigenvalue weighted by Gasteiger charge is 2.23. The summed E-state index contributed by atoms with van der Waals surface area (Å²) in [6.07, 6.45) is 3.36. The molecular formula is C22H21ClF2N2O3. The lowest BCUT2D eigenvalue weighted by atomic mass is 10.1. The Kier molecular flexibility index (Phi) is 7.41. The van der Waals surface area contributed by atoms with Gasteiger partial charge in [-0.25, -0.2) is 0 Å². The van der Waals surface area contributed by atoms with Crippen LogP contribution in [-0.2, 0) is 16.0 Å². The zero-order chi connectivity index (χ0) is 21.5. The second-order valence-corrected chi connectivity index (χ2v) is 7.23. The van der Waals surface area contributed by atoms with Gasteiger partial charge in [-0.1, -0.05) is 35.9 Å². The lowest BCUT2D eigenvalue weighted by Gasteiger charge is -2.34. The third-order valence-electron chi connectivity index (χ3n) is 4.74. The Morgan fingerprint density at radius 3 is 2.17 bits per heavy atom. The average Bonchev–Trinajstić information content (AvgIpc) is 2.74. The van der Waals surface area contributed by atoms with Crippen molar-refractivity contribution < 1.29 is 23.1 Å². The minimum absolute atomic E-state index is 0.0195. The normalized spacial score (nSPS) is 14.4. The Labute approximate surface area is 178 Å². The number of carbonyl (C=O) groups excluding carboxylic acids is 2. The van der Waals surface area contributed by atoms with E-state index in [1.165, 1.54) is 18.2 Å². The van der Waals surface area contributed by atoms with Gasteiger partial charge in [0.05, 0.1) is 6.42 Å². The zero-order valence-electron chi connectivity index (χ0n) is 16.1. The molecule has 1 saturated heterocycles. The SMILES string of the molecule is O=C(/C=C/c1ccc(OC(F)F)cc1)N1CCN(C(=O)Cc2ccc(Cl)cc2)CC1. The van der Waals surface area contributed by atoms with Crippen LogP contribution in [0.25, 0.3) is 6.08 Å². The first-order valence-electron chi connectivity index (χ1n) is 9.45. The molecule has 30 heavy (non-hydrogen) atoms. The number of carbonyl (C=O) groups is 2. The zero-order valence-corrected chi connectivity index (χ0v) is 16.9. The number of amides is 2. The summed E-state index contributed by atoms with van der Waals surface area (Å²) in [6, 6.07) is 13.2. The molecule has 1 heterocycles. The van der Waals surface area contributed by atoms with E-state index < -0.39 is 6.61 Å². The Hall–Kier alpha value is -2.93. The maximum atomic E-state index is 12.5. The van der Waals surface area contributed by atoms with Gasteiger partial charge in [0.1, 0.15) is 5.75 Å². The molecule has 0 unspecified atom stereocenters. The average molecular weight is 435 g/mol. The maximum absolute atomic E-state index is 12.5. The van der Waals surface area contributed by atoms with Crippen LogP contribution in [0.4, 0.5) is 8.78 Å². The number of benzene rings is 2. The summed E-state index contributed by atoms with van der Waals surface area (Å²) < 4.78 is 28.6. The van der Waals surface area contributed by atoms with E-state index in [0.717, 1.165) is 5.56 Å². The molecule has 2 aromatic rings. The second kappa shape index (κ2) is 10.2. The molecule has 5 nitrogen and oxygen atoms in total. The Morgan fingerprint density at radius 2 is 1.57 bits per heavy atom. The summed E-state index contributed by atoms with van der Waals surface area (Å²) in [5.41, 5.74) is 1.59. The molecule has 8 heteroatoms. The topological polar surface area (TPSA) is 49.9 Å². The van der Waals surface area contributed by atoms with Crippen LogP contribution in [0, 0.1) is 0 Å². The number of rotatable bonds is 6. The second-order valence-electron chi connectivity index (χ2n) is 6.79. The lowest BCUT2D eigenvalue weighted by Crippen LogP contribution is -2.50. The van der Waals surface area contributed by atoms with E-state index in [1.54, 1.807) is 40.1 Å². The summed E-state index contributed by atoms with van der Waals surface area (Å²) in [5, 5.41) is 0.629. The third-order valence-corrected chi connectivity index (χ3v) is 4.99. The fourth-order valence-electron chi connectivity index (χ4n) is 3.10. The van der Waals surface area contributed by atoms with Gasteiger partial charge in [-0.05, 0) is 41.5 Å². The van der Waals surface area contributed by atoms with Gasteiger partial charge in [-0.2, -0.15) is 8.78 Å². The van der Waals surface area contributed by atoms with Crippen LogP contribution >= 0.6 is 11.6 Å². The number of hydrogen-bond acceptors (Lipinski definition) is 3. The standard InChI is InChI=1S/C22H21ClF2N2O3/c23-18-6-1-17(2-7-18)15-21(29)27-13-11-26(12-14-27)20(28)10-5-16-3-8-19(9-4-16)30-22(24)25/h1-10,22H,11-15H2/b10-5+. The fourth-order valence-corrected chi connectivity index (χ4v) is 3.22. The number of alkyl halides is 2. The summed E-state index contributed by atoms with van der Waals surface area (Å²) in [5.74, 6) is -0.0772. The predicted molar refractivity (Wildman–Crippen MR) is 110 cm³/mol. The van der Waals surface area contributed by atoms with Crippen LogP contribution in [0.3, 0.4) is 0 Å². The molecule has 0 spiro atoms. The van der Waals surface area contributed by atoms with Crippen molar-refractivity contribution >= 4 is 29.5 Å². The monoisotopic (exact) mass is 434 g/mol. The molecule has 0 radical (unpaired) electrons. The highest BCUT2D eigenvalue weighted by molar-refractivity contribution is 6.30. The van der Waals surface area contributed by atoms with E-state index >= 15 is 0 Å². The summed E-state index contributed by atoms with van der Waals surface area (Å²) in [7, 11) is 0. The van der Waals surface area contributed by atoms with E-state index in [2.05, 4.69) is 4.74 Å². The van der Waals surface area contributed by atoms with Gasteiger partial charge in [0.25, 0.3) is 0 Å². The molecule has 2 aromatic carbocycles. The number of hydrogen-bond donors (Lipinski definition) is 0. The van der Waals surface area contributed by atoms with Crippen molar-refractivity contribution in [2.24, 2.45) is 0 Å². The molecule has 158 valence electrons. The van der Waals surface area contributed by atoms with Crippen molar-refractivity contribution in [3.8, 4) is 5.75 Å². The Morgan fingerprint density at radius 1 is 0.967 bits per heavy atom. The van der Waals surface area contributed by atoms with Crippen molar-refractivity contribution in [2.45, 2.75) is 13.0 Å². The molecule has 0 aromatic heterocycles. The van der Waals surface area contributed by atoms with Gasteiger partial charge >= 0.3 is 6.61 Å². The van der Waals surface area contributed by atoms with E-state index in [-0.39, 0.29) is 17.6 Å². The van der Waals surface area contributed by atoms with Crippen LogP contribution in [0.1, 0.15) is 11.1 Å². The van der Waals surface area contributed by atoms with E-state index in [4.69, 9.17) is 11.6 Å². The van der Waals surface area contributed by atoms with Crippen molar-refractivity contribution in [1.29, 1.82) is 0 Å². The molecule has 1 aliphatic heterocycles. The first-order valence-corrected chi connectivity index (χ1v) is 9.82. The van der Waals surface area contributed by atoms with Crippen LogP contribution in [0.5, 0.6) is 5.75 Å². The number of ether oxygens (including phenoxy) is 1. The van der Waals surface area contributed by atoms with Gasteiger partial charge in [-0.15, -0.1) is 0 Å². The molecule has 0 bridgehead atoms. The van der Waals surface area contributed by atoms with Gasteiger partial charge < -0.3 is 14.5 Å². The predicted octanol–water partition coefficient (Wildman–Crippen LogP) is 3.87. The summed E-state index contributed by atoms with van der Waals surface area (Å²) in [6.45, 7) is -1.00. The molecule has 0 N–H and O–H groups in total. The first kappa shape index (κ1) is 21.8. The maximum Gasteiger partial charge on any atom is 0.387 e. The smallest absolute Gasteiger partial charge is 0.387 e. The summed E-state index contributed by atoms with van der Waals surface area (Å²) >= 11 is 5.86. The van der Waals surface area contributed by atoms with E-state index in [0.29, 0.717) is 43.2 Å². The molecule has 1 fully saturated rings. The van der Waals surface area contributed by atoms with Crippen molar-refractivity contribution in [1.82, 2.24) is 9.80 Å². The number of nitrogens with zero attached hydrogens (tertiary/aromatic N) is 2. The van der Waals surface area contributed by atoms with E-state index in [1.807, 2.05) is 12.1 Å². The number of halogens is 3. The van der Waals surface area contributed by atoms with E-state index in [9.17, 15) is 18.4 Å². The highest BCUT2D eigenvalue weighted by atomic mass is 35.5. The van der Waals surface area contributed by atoms with Crippen LogP contribution in [-0.4, -0.2) is 54.4 Å². The van der Waals surface area contributed by atoms with Gasteiger partial charge in [0.15, 0.2) is 0 Å². The minimum Gasteiger partial charge on any atom is -0.435 e. The molecule has 0 aliphatic carbocycles. The van der Waals surface area contributed by atoms with Crippen molar-refractivity contribution in [2.75, 3.05) is 26.2 Å². The van der Waals surface area contributed by atoms with Crippen LogP contribution in [0.15, 0.2) is 54.6 Å². The minimum atomic E-state index is -2.87. The van der Waals surface area contributed by atoms with Gasteiger partial charge in [-0.3, -0.25) is 9.59 Å². The fraction of sp³-hybridized carbons (Fsp3) is 0.273. The lowest BCUT2D eigenvalue weighted by molar-refractivity contribution is -0.136. The molecule has 3 rings (SSSR count). The Balaban J connectivity index is 1.47. The van der Waals surface area contributed by atoms with Crippen LogP contribution in [0.2, 0.25) is 5.02 Å². The van der Waals surface area contributed by atoms with Crippen LogP contribution < -0.4 is 4.74 Å². The summed E-state index contributed by atoms with van der Waals surface area (Å²) in [4.78, 5) is 28.3. The quantitative estimate of drug-likeness (QED) is 0.648. The molecule has 0 saturated carbocycles. The first-order chi connectivity index (χ1) is 14.4. The van der Waals surface area contributed by atoms with Gasteiger partial charge in [0, 0.05) is 37.3 Å². The van der Waals surface area contributed by atoms with Crippen molar-refractivity contribution in [3.05, 3.63) is 70.8 Å². The molecular weight excluding hydrogens is 414 g/mol. The van der Waals surface area contributed by atoms with Crippen molar-refractivity contribution in [3.63, 3.8) is 0 Å². The molecule has 1 aliphatic rings.